The monoisotopic (exact) mass is 283 g/mol. The third-order valence-corrected chi connectivity index (χ3v) is 2.33. The molecule has 20 heavy (non-hydrogen) atoms. The number of aliphatic hydroxyl groups excluding tert-OH is 1. The fraction of sp³-hybridized carbons (Fsp3) is 0.769. The number of aromatic nitrogens is 3. The fourth-order valence-corrected chi connectivity index (χ4v) is 1.33. The Balaban J connectivity index is 2.96. The molecule has 0 unspecified atom stereocenters. The van der Waals surface area contributed by atoms with E-state index < -0.39 is 5.54 Å². The Labute approximate surface area is 120 Å². The Morgan fingerprint density at radius 2 is 1.85 bits per heavy atom. The highest BCUT2D eigenvalue weighted by Gasteiger charge is 2.19. The number of hydrogen-bond donors (Lipinski definition) is 3. The first kappa shape index (κ1) is 16.4. The lowest BCUT2D eigenvalue weighted by molar-refractivity contribution is 0.220. The molecule has 0 spiro atoms. The lowest BCUT2D eigenvalue weighted by Gasteiger charge is -2.23. The van der Waals surface area contributed by atoms with E-state index in [1.807, 2.05) is 27.7 Å². The van der Waals surface area contributed by atoms with Crippen LogP contribution in [0.15, 0.2) is 0 Å². The Hall–Kier alpha value is -1.63. The van der Waals surface area contributed by atoms with Gasteiger partial charge in [-0.1, -0.05) is 6.92 Å². The van der Waals surface area contributed by atoms with E-state index in [9.17, 15) is 5.11 Å². The summed E-state index contributed by atoms with van der Waals surface area (Å²) in [5.41, 5.74) is -0.515. The number of nitrogens with zero attached hydrogens (tertiary/aromatic N) is 3. The summed E-state index contributed by atoms with van der Waals surface area (Å²) in [5, 5.41) is 15.5. The van der Waals surface area contributed by atoms with Crippen LogP contribution in [0, 0.1) is 0 Å². The van der Waals surface area contributed by atoms with Crippen molar-refractivity contribution in [2.45, 2.75) is 52.7 Å². The van der Waals surface area contributed by atoms with Gasteiger partial charge in [0, 0.05) is 6.54 Å². The molecule has 1 rings (SSSR count). The summed E-state index contributed by atoms with van der Waals surface area (Å²) in [6.45, 7) is 10.3. The molecule has 114 valence electrons. The Bertz CT molecular complexity index is 423. The molecule has 0 aliphatic carbocycles. The van der Waals surface area contributed by atoms with Gasteiger partial charge in [-0.15, -0.1) is 0 Å². The number of aliphatic hydroxyl groups is 1. The molecule has 0 radical (unpaired) electrons. The van der Waals surface area contributed by atoms with Crippen molar-refractivity contribution in [3.63, 3.8) is 0 Å². The Kier molecular flexibility index (Phi) is 5.94. The summed E-state index contributed by atoms with van der Waals surface area (Å²) in [5.74, 6) is 0.849. The number of anilines is 2. The van der Waals surface area contributed by atoms with Gasteiger partial charge in [0.05, 0.1) is 18.2 Å². The van der Waals surface area contributed by atoms with Crippen LogP contribution in [0.25, 0.3) is 0 Å². The molecule has 1 aromatic rings. The summed E-state index contributed by atoms with van der Waals surface area (Å²) < 4.78 is 5.52. The van der Waals surface area contributed by atoms with Crippen LogP contribution < -0.4 is 15.4 Å². The fourth-order valence-electron chi connectivity index (χ4n) is 1.33. The summed E-state index contributed by atoms with van der Waals surface area (Å²) in [7, 11) is 0. The van der Waals surface area contributed by atoms with Gasteiger partial charge in [0.15, 0.2) is 0 Å². The van der Waals surface area contributed by atoms with Crippen LogP contribution >= 0.6 is 0 Å². The van der Waals surface area contributed by atoms with Crippen LogP contribution in [-0.2, 0) is 0 Å². The number of ether oxygens (including phenoxy) is 1. The zero-order valence-electron chi connectivity index (χ0n) is 12.9. The first-order valence-corrected chi connectivity index (χ1v) is 6.92. The van der Waals surface area contributed by atoms with Crippen molar-refractivity contribution in [3.05, 3.63) is 0 Å². The maximum absolute atomic E-state index is 9.30. The predicted octanol–water partition coefficient (Wildman–Crippen LogP) is 1.66. The standard InChI is InChI=1S/C13H25N5O2/c1-6-7-14-10-15-11(18-13(4,5)8-19)17-12(16-10)20-9(2)3/h9,19H,6-8H2,1-5H3,(H2,14,15,16,17,18). The number of hydrogen-bond acceptors (Lipinski definition) is 7. The van der Waals surface area contributed by atoms with Gasteiger partial charge in [0.1, 0.15) is 0 Å². The molecule has 0 fully saturated rings. The third kappa shape index (κ3) is 5.56. The normalized spacial score (nSPS) is 11.6. The Morgan fingerprint density at radius 3 is 2.40 bits per heavy atom. The van der Waals surface area contributed by atoms with Crippen molar-refractivity contribution in [1.82, 2.24) is 15.0 Å². The molecule has 0 amide bonds. The second kappa shape index (κ2) is 7.23. The molecule has 3 N–H and O–H groups in total. The largest absolute Gasteiger partial charge is 0.461 e. The molecule has 7 heteroatoms. The van der Waals surface area contributed by atoms with E-state index in [-0.39, 0.29) is 18.7 Å². The van der Waals surface area contributed by atoms with Crippen molar-refractivity contribution >= 4 is 11.9 Å². The van der Waals surface area contributed by atoms with E-state index in [1.54, 1.807) is 0 Å². The van der Waals surface area contributed by atoms with Gasteiger partial charge in [0.25, 0.3) is 0 Å². The Morgan fingerprint density at radius 1 is 1.20 bits per heavy atom. The quantitative estimate of drug-likeness (QED) is 0.668. The van der Waals surface area contributed by atoms with E-state index in [0.29, 0.717) is 11.9 Å². The topological polar surface area (TPSA) is 92.2 Å². The maximum Gasteiger partial charge on any atom is 0.323 e. The molecule has 0 saturated carbocycles. The van der Waals surface area contributed by atoms with Crippen LogP contribution in [0.2, 0.25) is 0 Å². The van der Waals surface area contributed by atoms with Crippen molar-refractivity contribution < 1.29 is 9.84 Å². The van der Waals surface area contributed by atoms with Crippen molar-refractivity contribution in [2.24, 2.45) is 0 Å². The van der Waals surface area contributed by atoms with E-state index in [1.165, 1.54) is 0 Å². The minimum absolute atomic E-state index is 0.0184. The zero-order chi connectivity index (χ0) is 15.2. The van der Waals surface area contributed by atoms with Gasteiger partial charge in [-0.3, -0.25) is 0 Å². The van der Waals surface area contributed by atoms with Gasteiger partial charge in [-0.25, -0.2) is 0 Å². The van der Waals surface area contributed by atoms with Crippen LogP contribution in [-0.4, -0.2) is 44.9 Å². The number of nitrogens with one attached hydrogen (secondary N) is 2. The molecule has 0 saturated heterocycles. The molecule has 1 aromatic heterocycles. The molecule has 0 aliphatic rings. The van der Waals surface area contributed by atoms with Crippen LogP contribution in [0.1, 0.15) is 41.0 Å². The summed E-state index contributed by atoms with van der Waals surface area (Å²) in [6.07, 6.45) is 0.951. The summed E-state index contributed by atoms with van der Waals surface area (Å²) in [6, 6.07) is 0.268. The highest BCUT2D eigenvalue weighted by molar-refractivity contribution is 5.37. The van der Waals surface area contributed by atoms with E-state index in [4.69, 9.17) is 4.74 Å². The van der Waals surface area contributed by atoms with E-state index in [2.05, 4.69) is 32.5 Å². The average molecular weight is 283 g/mol. The smallest absolute Gasteiger partial charge is 0.323 e. The highest BCUT2D eigenvalue weighted by Crippen LogP contribution is 2.16. The highest BCUT2D eigenvalue weighted by atomic mass is 16.5. The molecule has 0 atom stereocenters. The van der Waals surface area contributed by atoms with Crippen molar-refractivity contribution in [1.29, 1.82) is 0 Å². The lowest BCUT2D eigenvalue weighted by atomic mass is 10.1. The molecular weight excluding hydrogens is 258 g/mol. The van der Waals surface area contributed by atoms with Crippen LogP contribution in [0.4, 0.5) is 11.9 Å². The van der Waals surface area contributed by atoms with Gasteiger partial charge in [0.2, 0.25) is 11.9 Å². The summed E-state index contributed by atoms with van der Waals surface area (Å²) in [4.78, 5) is 12.7. The van der Waals surface area contributed by atoms with E-state index in [0.717, 1.165) is 13.0 Å². The first-order chi connectivity index (χ1) is 9.36. The minimum atomic E-state index is -0.515. The second-order valence-corrected chi connectivity index (χ2v) is 5.53. The molecule has 1 heterocycles. The molecule has 0 bridgehead atoms. The lowest BCUT2D eigenvalue weighted by Crippen LogP contribution is -2.36. The van der Waals surface area contributed by atoms with Crippen LogP contribution in [0.3, 0.4) is 0 Å². The SMILES string of the molecule is CCCNc1nc(NC(C)(C)CO)nc(OC(C)C)n1. The van der Waals surface area contributed by atoms with Crippen molar-refractivity contribution in [2.75, 3.05) is 23.8 Å². The van der Waals surface area contributed by atoms with Crippen LogP contribution in [0.5, 0.6) is 6.01 Å². The van der Waals surface area contributed by atoms with Gasteiger partial charge >= 0.3 is 6.01 Å². The molecule has 7 nitrogen and oxygen atoms in total. The van der Waals surface area contributed by atoms with E-state index >= 15 is 0 Å². The average Bonchev–Trinajstić information content (AvgIpc) is 2.34. The van der Waals surface area contributed by atoms with Gasteiger partial charge < -0.3 is 20.5 Å². The number of rotatable bonds is 8. The summed E-state index contributed by atoms with van der Waals surface area (Å²) >= 11 is 0. The third-order valence-electron chi connectivity index (χ3n) is 2.33. The van der Waals surface area contributed by atoms with Gasteiger partial charge in [-0.05, 0) is 34.1 Å². The van der Waals surface area contributed by atoms with Gasteiger partial charge in [-0.2, -0.15) is 15.0 Å². The molecule has 0 aromatic carbocycles. The van der Waals surface area contributed by atoms with Crippen molar-refractivity contribution in [3.8, 4) is 6.01 Å². The second-order valence-electron chi connectivity index (χ2n) is 5.53. The zero-order valence-corrected chi connectivity index (χ0v) is 12.9. The maximum atomic E-state index is 9.30. The molecular formula is C13H25N5O2. The first-order valence-electron chi connectivity index (χ1n) is 6.92. The minimum Gasteiger partial charge on any atom is -0.461 e. The predicted molar refractivity (Wildman–Crippen MR) is 79.2 cm³/mol. The molecule has 0 aliphatic heterocycles.